The van der Waals surface area contributed by atoms with E-state index < -0.39 is 11.1 Å². The van der Waals surface area contributed by atoms with Crippen molar-refractivity contribution < 1.29 is 9.72 Å². The molecule has 0 saturated heterocycles. The van der Waals surface area contributed by atoms with Gasteiger partial charge in [-0.2, -0.15) is 0 Å². The van der Waals surface area contributed by atoms with Crippen molar-refractivity contribution in [2.75, 3.05) is 12.4 Å². The number of non-ortho nitro benzene ring substituents is 1. The summed E-state index contributed by atoms with van der Waals surface area (Å²) in [6, 6.07) is 13.5. The Morgan fingerprint density at radius 3 is 2.71 bits per heavy atom. The van der Waals surface area contributed by atoms with Crippen LogP contribution >= 0.6 is 0 Å². The molecule has 0 aliphatic carbocycles. The van der Waals surface area contributed by atoms with E-state index in [0.29, 0.717) is 11.1 Å². The second-order valence-corrected chi connectivity index (χ2v) is 4.86. The summed E-state index contributed by atoms with van der Waals surface area (Å²) in [5.41, 5.74) is 2.02. The molecule has 3 rings (SSSR count). The lowest BCUT2D eigenvalue weighted by Crippen LogP contribution is -2.40. The van der Waals surface area contributed by atoms with Crippen LogP contribution in [0.25, 0.3) is 0 Å². The molecule has 0 fully saturated rings. The molecule has 6 nitrogen and oxygen atoms in total. The van der Waals surface area contributed by atoms with Gasteiger partial charge in [0, 0.05) is 30.4 Å². The Balaban J connectivity index is 2.02. The maximum atomic E-state index is 12.4. The number of carbonyl (C=O) groups is 1. The molecular formula is C15H13N3O3. The minimum absolute atomic E-state index is 0.00834. The van der Waals surface area contributed by atoms with Crippen LogP contribution in [0.3, 0.4) is 0 Å². The average molecular weight is 283 g/mol. The van der Waals surface area contributed by atoms with Crippen molar-refractivity contribution in [3.63, 3.8) is 0 Å². The Morgan fingerprint density at radius 1 is 1.19 bits per heavy atom. The van der Waals surface area contributed by atoms with Gasteiger partial charge in [0.05, 0.1) is 10.5 Å². The van der Waals surface area contributed by atoms with E-state index >= 15 is 0 Å². The van der Waals surface area contributed by atoms with Crippen LogP contribution < -0.4 is 5.32 Å². The molecule has 0 bridgehead atoms. The van der Waals surface area contributed by atoms with Gasteiger partial charge >= 0.3 is 0 Å². The van der Waals surface area contributed by atoms with E-state index in [2.05, 4.69) is 5.32 Å². The molecule has 1 amide bonds. The molecule has 0 saturated carbocycles. The van der Waals surface area contributed by atoms with Gasteiger partial charge in [0.2, 0.25) is 0 Å². The third kappa shape index (κ3) is 2.20. The summed E-state index contributed by atoms with van der Waals surface area (Å²) in [5.74, 6) is -0.110. The van der Waals surface area contributed by atoms with Crippen LogP contribution in [0.5, 0.6) is 0 Å². The first-order valence-electron chi connectivity index (χ1n) is 6.45. The molecule has 1 aliphatic heterocycles. The van der Waals surface area contributed by atoms with Crippen LogP contribution in [0.4, 0.5) is 11.4 Å². The second kappa shape index (κ2) is 4.90. The zero-order valence-corrected chi connectivity index (χ0v) is 11.3. The Hall–Kier alpha value is -2.89. The van der Waals surface area contributed by atoms with Gasteiger partial charge in [-0.05, 0) is 12.1 Å². The summed E-state index contributed by atoms with van der Waals surface area (Å²) in [5, 5.41) is 14.1. The van der Waals surface area contributed by atoms with Gasteiger partial charge < -0.3 is 10.2 Å². The highest BCUT2D eigenvalue weighted by Gasteiger charge is 2.30. The molecule has 2 aromatic rings. The third-order valence-corrected chi connectivity index (χ3v) is 3.55. The van der Waals surface area contributed by atoms with Gasteiger partial charge in [-0.25, -0.2) is 0 Å². The van der Waals surface area contributed by atoms with Crippen molar-refractivity contribution in [2.45, 2.75) is 6.17 Å². The lowest BCUT2D eigenvalue weighted by atomic mass is 10.0. The minimum atomic E-state index is -0.442. The summed E-state index contributed by atoms with van der Waals surface area (Å²) < 4.78 is 0. The first-order chi connectivity index (χ1) is 10.1. The van der Waals surface area contributed by atoms with Crippen LogP contribution in [0, 0.1) is 10.1 Å². The number of anilines is 1. The molecule has 1 unspecified atom stereocenters. The van der Waals surface area contributed by atoms with Gasteiger partial charge in [0.15, 0.2) is 0 Å². The largest absolute Gasteiger partial charge is 0.361 e. The fourth-order valence-corrected chi connectivity index (χ4v) is 2.46. The Morgan fingerprint density at radius 2 is 1.95 bits per heavy atom. The summed E-state index contributed by atoms with van der Waals surface area (Å²) in [7, 11) is 1.68. The predicted octanol–water partition coefficient (Wildman–Crippen LogP) is 2.79. The lowest BCUT2D eigenvalue weighted by Gasteiger charge is -2.35. The van der Waals surface area contributed by atoms with Crippen LogP contribution in [0.2, 0.25) is 0 Å². The Labute approximate surface area is 121 Å². The third-order valence-electron chi connectivity index (χ3n) is 3.55. The van der Waals surface area contributed by atoms with E-state index in [4.69, 9.17) is 0 Å². The molecule has 0 radical (unpaired) electrons. The minimum Gasteiger partial charge on any atom is -0.361 e. The van der Waals surface area contributed by atoms with Gasteiger partial charge in [0.1, 0.15) is 6.17 Å². The summed E-state index contributed by atoms with van der Waals surface area (Å²) >= 11 is 0. The molecule has 1 heterocycles. The van der Waals surface area contributed by atoms with E-state index in [1.165, 1.54) is 12.1 Å². The maximum absolute atomic E-state index is 12.4. The quantitative estimate of drug-likeness (QED) is 0.679. The van der Waals surface area contributed by atoms with Crippen molar-refractivity contribution >= 4 is 17.3 Å². The van der Waals surface area contributed by atoms with E-state index in [9.17, 15) is 14.9 Å². The van der Waals surface area contributed by atoms with Crippen LogP contribution in [-0.2, 0) is 0 Å². The number of hydrogen-bond donors (Lipinski definition) is 1. The van der Waals surface area contributed by atoms with Crippen molar-refractivity contribution in [3.05, 3.63) is 69.8 Å². The number of para-hydroxylation sites is 1. The summed E-state index contributed by atoms with van der Waals surface area (Å²) in [4.78, 5) is 24.4. The van der Waals surface area contributed by atoms with Crippen molar-refractivity contribution in [2.24, 2.45) is 0 Å². The molecule has 0 aromatic heterocycles. The standard InChI is InChI=1S/C15H13N3O3/c1-17-14(10-5-4-6-11(9-10)18(20)21)16-13-8-3-2-7-12(13)15(17)19/h2-9,14,16H,1H3. The summed E-state index contributed by atoms with van der Waals surface area (Å²) in [6.45, 7) is 0. The van der Waals surface area contributed by atoms with E-state index in [1.54, 1.807) is 36.2 Å². The lowest BCUT2D eigenvalue weighted by molar-refractivity contribution is -0.384. The molecule has 2 aromatic carbocycles. The highest BCUT2D eigenvalue weighted by Crippen LogP contribution is 2.32. The van der Waals surface area contributed by atoms with Crippen molar-refractivity contribution in [1.29, 1.82) is 0 Å². The number of nitro groups is 1. The molecule has 21 heavy (non-hydrogen) atoms. The molecule has 1 N–H and O–H groups in total. The SMILES string of the molecule is CN1C(=O)c2ccccc2NC1c1cccc([N+](=O)[O-])c1. The normalized spacial score (nSPS) is 17.1. The number of nitrogens with zero attached hydrogens (tertiary/aromatic N) is 2. The molecule has 6 heteroatoms. The number of nitrogens with one attached hydrogen (secondary N) is 1. The fraction of sp³-hybridized carbons (Fsp3) is 0.133. The first kappa shape index (κ1) is 13.1. The number of nitro benzene ring substituents is 1. The zero-order valence-electron chi connectivity index (χ0n) is 11.3. The summed E-state index contributed by atoms with van der Waals surface area (Å²) in [6.07, 6.45) is -0.424. The number of fused-ring (bicyclic) bond motifs is 1. The number of hydrogen-bond acceptors (Lipinski definition) is 4. The number of amides is 1. The average Bonchev–Trinajstić information content (AvgIpc) is 2.51. The maximum Gasteiger partial charge on any atom is 0.269 e. The van der Waals surface area contributed by atoms with Gasteiger partial charge in [-0.1, -0.05) is 24.3 Å². The fourth-order valence-electron chi connectivity index (χ4n) is 2.46. The van der Waals surface area contributed by atoms with E-state index in [1.807, 2.05) is 12.1 Å². The molecular weight excluding hydrogens is 270 g/mol. The molecule has 1 atom stereocenters. The molecule has 1 aliphatic rings. The van der Waals surface area contributed by atoms with Crippen molar-refractivity contribution in [3.8, 4) is 0 Å². The predicted molar refractivity (Wildman–Crippen MR) is 78.0 cm³/mol. The topological polar surface area (TPSA) is 75.5 Å². The zero-order chi connectivity index (χ0) is 15.0. The number of carbonyl (C=O) groups excluding carboxylic acids is 1. The number of rotatable bonds is 2. The second-order valence-electron chi connectivity index (χ2n) is 4.86. The Bertz CT molecular complexity index is 730. The smallest absolute Gasteiger partial charge is 0.269 e. The van der Waals surface area contributed by atoms with Crippen molar-refractivity contribution in [1.82, 2.24) is 4.90 Å². The van der Waals surface area contributed by atoms with Crippen LogP contribution in [-0.4, -0.2) is 22.8 Å². The van der Waals surface area contributed by atoms with E-state index in [0.717, 1.165) is 5.69 Å². The first-order valence-corrected chi connectivity index (χ1v) is 6.45. The van der Waals surface area contributed by atoms with Crippen LogP contribution in [0.15, 0.2) is 48.5 Å². The Kier molecular flexibility index (Phi) is 3.06. The van der Waals surface area contributed by atoms with E-state index in [-0.39, 0.29) is 11.6 Å². The van der Waals surface area contributed by atoms with Gasteiger partial charge in [0.25, 0.3) is 11.6 Å². The highest BCUT2D eigenvalue weighted by atomic mass is 16.6. The highest BCUT2D eigenvalue weighted by molar-refractivity contribution is 6.01. The molecule has 0 spiro atoms. The van der Waals surface area contributed by atoms with Crippen LogP contribution in [0.1, 0.15) is 22.1 Å². The monoisotopic (exact) mass is 283 g/mol. The van der Waals surface area contributed by atoms with Gasteiger partial charge in [-0.3, -0.25) is 14.9 Å². The number of benzene rings is 2. The van der Waals surface area contributed by atoms with Gasteiger partial charge in [-0.15, -0.1) is 0 Å². The molecule has 106 valence electrons.